The average molecular weight is 362 g/mol. The largest absolute Gasteiger partial charge is 0.491 e. The van der Waals surface area contributed by atoms with Gasteiger partial charge in [0.25, 0.3) is 5.91 Å². The van der Waals surface area contributed by atoms with Gasteiger partial charge >= 0.3 is 5.97 Å². The number of amides is 1. The number of anilines is 1. The Morgan fingerprint density at radius 3 is 2.40 bits per heavy atom. The maximum absolute atomic E-state index is 12.0. The lowest BCUT2D eigenvalue weighted by molar-refractivity contribution is -0.119. The summed E-state index contributed by atoms with van der Waals surface area (Å²) >= 11 is 6.00. The minimum absolute atomic E-state index is 0.0526. The van der Waals surface area contributed by atoms with Gasteiger partial charge in [0, 0.05) is 10.7 Å². The van der Waals surface area contributed by atoms with Gasteiger partial charge in [0.05, 0.1) is 11.7 Å². The van der Waals surface area contributed by atoms with Gasteiger partial charge in [-0.1, -0.05) is 17.7 Å². The molecule has 0 bridgehead atoms. The lowest BCUT2D eigenvalue weighted by Crippen LogP contribution is -2.21. The molecule has 25 heavy (non-hydrogen) atoms. The zero-order valence-corrected chi connectivity index (χ0v) is 15.1. The van der Waals surface area contributed by atoms with Crippen LogP contribution in [0.4, 0.5) is 5.69 Å². The van der Waals surface area contributed by atoms with Crippen LogP contribution in [-0.2, 0) is 9.53 Å². The maximum atomic E-state index is 12.0. The molecule has 2 rings (SSSR count). The Kier molecular flexibility index (Phi) is 6.42. The molecule has 1 N–H and O–H groups in total. The van der Waals surface area contributed by atoms with E-state index in [2.05, 4.69) is 5.32 Å². The Labute approximate surface area is 151 Å². The van der Waals surface area contributed by atoms with E-state index in [9.17, 15) is 9.59 Å². The number of esters is 1. The smallest absolute Gasteiger partial charge is 0.338 e. The van der Waals surface area contributed by atoms with Crippen LogP contribution in [0.3, 0.4) is 0 Å². The predicted molar refractivity (Wildman–Crippen MR) is 97.3 cm³/mol. The van der Waals surface area contributed by atoms with E-state index in [4.69, 9.17) is 21.1 Å². The Hall–Kier alpha value is -2.53. The van der Waals surface area contributed by atoms with Crippen LogP contribution in [-0.4, -0.2) is 24.6 Å². The van der Waals surface area contributed by atoms with Crippen molar-refractivity contribution in [1.29, 1.82) is 0 Å². The Balaban J connectivity index is 1.86. The molecule has 0 spiro atoms. The van der Waals surface area contributed by atoms with E-state index < -0.39 is 11.9 Å². The number of nitrogens with one attached hydrogen (secondary N) is 1. The lowest BCUT2D eigenvalue weighted by Gasteiger charge is -2.10. The van der Waals surface area contributed by atoms with E-state index in [0.29, 0.717) is 22.0 Å². The molecule has 0 heterocycles. The molecule has 0 unspecified atom stereocenters. The van der Waals surface area contributed by atoms with Gasteiger partial charge < -0.3 is 14.8 Å². The molecule has 5 nitrogen and oxygen atoms in total. The minimum Gasteiger partial charge on any atom is -0.491 e. The number of hydrogen-bond acceptors (Lipinski definition) is 4. The fourth-order valence-electron chi connectivity index (χ4n) is 2.02. The van der Waals surface area contributed by atoms with Gasteiger partial charge in [0.15, 0.2) is 6.61 Å². The Bertz CT molecular complexity index is 757. The van der Waals surface area contributed by atoms with Crippen LogP contribution in [0.25, 0.3) is 0 Å². The fraction of sp³-hybridized carbons (Fsp3) is 0.263. The summed E-state index contributed by atoms with van der Waals surface area (Å²) in [5.74, 6) is -0.346. The molecule has 1 amide bonds. The van der Waals surface area contributed by atoms with Crippen molar-refractivity contribution in [2.75, 3.05) is 11.9 Å². The van der Waals surface area contributed by atoms with E-state index in [1.807, 2.05) is 20.8 Å². The van der Waals surface area contributed by atoms with Crippen LogP contribution in [0.1, 0.15) is 29.8 Å². The second kappa shape index (κ2) is 8.53. The molecule has 0 saturated heterocycles. The van der Waals surface area contributed by atoms with Gasteiger partial charge in [-0.25, -0.2) is 4.79 Å². The van der Waals surface area contributed by atoms with Gasteiger partial charge in [0.2, 0.25) is 0 Å². The molecular formula is C19H20ClNO4. The number of ether oxygens (including phenoxy) is 2. The number of benzene rings is 2. The molecule has 0 fully saturated rings. The highest BCUT2D eigenvalue weighted by molar-refractivity contribution is 6.31. The third-order valence-corrected chi connectivity index (χ3v) is 3.66. The fourth-order valence-corrected chi connectivity index (χ4v) is 2.20. The highest BCUT2D eigenvalue weighted by atomic mass is 35.5. The summed E-state index contributed by atoms with van der Waals surface area (Å²) < 4.78 is 10.5. The molecule has 0 aromatic heterocycles. The summed E-state index contributed by atoms with van der Waals surface area (Å²) in [6, 6.07) is 11.7. The van der Waals surface area contributed by atoms with Crippen LogP contribution in [0, 0.1) is 6.92 Å². The van der Waals surface area contributed by atoms with Crippen molar-refractivity contribution in [3.05, 3.63) is 58.6 Å². The summed E-state index contributed by atoms with van der Waals surface area (Å²) in [6.45, 7) is 5.33. The van der Waals surface area contributed by atoms with Crippen LogP contribution >= 0.6 is 11.6 Å². The van der Waals surface area contributed by atoms with Crippen molar-refractivity contribution in [3.8, 4) is 5.75 Å². The number of rotatable bonds is 6. The summed E-state index contributed by atoms with van der Waals surface area (Å²) in [5, 5.41) is 3.18. The van der Waals surface area contributed by atoms with Crippen LogP contribution in [0.15, 0.2) is 42.5 Å². The number of carbonyl (C=O) groups is 2. The zero-order chi connectivity index (χ0) is 18.4. The molecule has 6 heteroatoms. The normalized spacial score (nSPS) is 10.4. The minimum atomic E-state index is -0.576. The first kappa shape index (κ1) is 18.8. The number of carbonyl (C=O) groups excluding carboxylic acids is 2. The van der Waals surface area contributed by atoms with Gasteiger partial charge in [-0.3, -0.25) is 4.79 Å². The molecule has 2 aromatic carbocycles. The molecule has 132 valence electrons. The number of hydrogen-bond donors (Lipinski definition) is 1. The van der Waals surface area contributed by atoms with Crippen molar-refractivity contribution in [1.82, 2.24) is 0 Å². The van der Waals surface area contributed by atoms with E-state index in [1.54, 1.807) is 42.5 Å². The molecule has 0 aliphatic carbocycles. The summed E-state index contributed by atoms with van der Waals surface area (Å²) in [7, 11) is 0. The van der Waals surface area contributed by atoms with Gasteiger partial charge in [-0.05, 0) is 62.7 Å². The average Bonchev–Trinajstić information content (AvgIpc) is 2.56. The molecule has 0 atom stereocenters. The van der Waals surface area contributed by atoms with Crippen LogP contribution in [0.2, 0.25) is 5.02 Å². The third kappa shape index (κ3) is 5.80. The summed E-state index contributed by atoms with van der Waals surface area (Å²) in [5.41, 5.74) is 1.81. The summed E-state index contributed by atoms with van der Waals surface area (Å²) in [4.78, 5) is 23.8. The molecule has 0 aliphatic heterocycles. The lowest BCUT2D eigenvalue weighted by atomic mass is 10.2. The Morgan fingerprint density at radius 2 is 1.80 bits per heavy atom. The molecule has 0 aliphatic rings. The van der Waals surface area contributed by atoms with Crippen LogP contribution in [0.5, 0.6) is 5.75 Å². The topological polar surface area (TPSA) is 64.6 Å². The number of aryl methyl sites for hydroxylation is 1. The van der Waals surface area contributed by atoms with E-state index in [0.717, 1.165) is 5.56 Å². The monoisotopic (exact) mass is 361 g/mol. The first-order chi connectivity index (χ1) is 11.8. The molecule has 0 saturated carbocycles. The zero-order valence-electron chi connectivity index (χ0n) is 14.3. The summed E-state index contributed by atoms with van der Waals surface area (Å²) in [6.07, 6.45) is 0.0526. The van der Waals surface area contributed by atoms with E-state index in [-0.39, 0.29) is 12.7 Å². The molecular weight excluding hydrogens is 342 g/mol. The van der Waals surface area contributed by atoms with Gasteiger partial charge in [-0.2, -0.15) is 0 Å². The van der Waals surface area contributed by atoms with Crippen LogP contribution < -0.4 is 10.1 Å². The van der Waals surface area contributed by atoms with E-state index >= 15 is 0 Å². The highest BCUT2D eigenvalue weighted by Gasteiger charge is 2.11. The highest BCUT2D eigenvalue weighted by Crippen LogP contribution is 2.20. The maximum Gasteiger partial charge on any atom is 0.338 e. The quantitative estimate of drug-likeness (QED) is 0.782. The molecule has 0 radical (unpaired) electrons. The van der Waals surface area contributed by atoms with Crippen molar-refractivity contribution in [2.24, 2.45) is 0 Å². The Morgan fingerprint density at radius 1 is 1.12 bits per heavy atom. The van der Waals surface area contributed by atoms with Gasteiger partial charge in [0.1, 0.15) is 5.75 Å². The second-order valence-corrected chi connectivity index (χ2v) is 6.19. The predicted octanol–water partition coefficient (Wildman–Crippen LogP) is 4.23. The van der Waals surface area contributed by atoms with Crippen molar-refractivity contribution in [2.45, 2.75) is 26.9 Å². The molecule has 2 aromatic rings. The van der Waals surface area contributed by atoms with Crippen molar-refractivity contribution < 1.29 is 19.1 Å². The SMILES string of the molecule is Cc1ccc(NC(=O)COC(=O)c2ccc(OC(C)C)cc2)cc1Cl. The first-order valence-electron chi connectivity index (χ1n) is 7.85. The van der Waals surface area contributed by atoms with Crippen molar-refractivity contribution >= 4 is 29.2 Å². The van der Waals surface area contributed by atoms with Crippen molar-refractivity contribution in [3.63, 3.8) is 0 Å². The second-order valence-electron chi connectivity index (χ2n) is 5.78. The van der Waals surface area contributed by atoms with E-state index in [1.165, 1.54) is 0 Å². The first-order valence-corrected chi connectivity index (χ1v) is 8.23. The number of halogens is 1. The van der Waals surface area contributed by atoms with Gasteiger partial charge in [-0.15, -0.1) is 0 Å². The third-order valence-electron chi connectivity index (χ3n) is 3.25. The standard InChI is InChI=1S/C19H20ClNO4/c1-12(2)25-16-8-5-14(6-9-16)19(23)24-11-18(22)21-15-7-4-13(3)17(20)10-15/h4-10,12H,11H2,1-3H3,(H,21,22).